The second-order valence-corrected chi connectivity index (χ2v) is 13.0. The number of rotatable bonds is 9. The zero-order chi connectivity index (χ0) is 26.6. The minimum atomic E-state index is -3.60. The summed E-state index contributed by atoms with van der Waals surface area (Å²) in [5.41, 5.74) is 2.06. The minimum absolute atomic E-state index is 0.00834. The zero-order valence-corrected chi connectivity index (χ0v) is 23.7. The molecular weight excluding hydrogens is 508 g/mol. The Kier molecular flexibility index (Phi) is 9.05. The number of hydrogen-bond acceptors (Lipinski definition) is 6. The highest BCUT2D eigenvalue weighted by Crippen LogP contribution is 2.38. The average Bonchev–Trinajstić information content (AvgIpc) is 3.28. The summed E-state index contributed by atoms with van der Waals surface area (Å²) in [5, 5.41) is 3.60. The zero-order valence-electron chi connectivity index (χ0n) is 22.1. The number of fused-ring (bicyclic) bond motifs is 1. The lowest BCUT2D eigenvalue weighted by Gasteiger charge is -2.29. The molecule has 0 atom stereocenters. The quantitative estimate of drug-likeness (QED) is 0.503. The summed E-state index contributed by atoms with van der Waals surface area (Å²) >= 11 is 1.49. The van der Waals surface area contributed by atoms with E-state index in [4.69, 9.17) is 0 Å². The van der Waals surface area contributed by atoms with E-state index in [-0.39, 0.29) is 16.7 Å². The van der Waals surface area contributed by atoms with E-state index in [9.17, 15) is 18.0 Å². The maximum absolute atomic E-state index is 13.6. The van der Waals surface area contributed by atoms with Gasteiger partial charge in [0.25, 0.3) is 11.8 Å². The number of benzene rings is 1. The second kappa shape index (κ2) is 12.1. The number of carbonyl (C=O) groups excluding carboxylic acids is 2. The molecule has 37 heavy (non-hydrogen) atoms. The lowest BCUT2D eigenvalue weighted by molar-refractivity contribution is 0.0724. The molecule has 202 valence electrons. The van der Waals surface area contributed by atoms with Crippen molar-refractivity contribution in [2.24, 2.45) is 0 Å². The molecule has 0 unspecified atom stereocenters. The molecule has 1 aromatic heterocycles. The number of piperidine rings is 1. The minimum Gasteiger partial charge on any atom is -0.339 e. The fourth-order valence-electron chi connectivity index (χ4n) is 4.93. The van der Waals surface area contributed by atoms with Gasteiger partial charge in [-0.1, -0.05) is 20.3 Å². The van der Waals surface area contributed by atoms with Gasteiger partial charge < -0.3 is 10.2 Å². The molecule has 0 bridgehead atoms. The van der Waals surface area contributed by atoms with Gasteiger partial charge >= 0.3 is 0 Å². The van der Waals surface area contributed by atoms with Crippen LogP contribution in [0.25, 0.3) is 0 Å². The molecule has 2 amide bonds. The van der Waals surface area contributed by atoms with Crippen LogP contribution in [-0.2, 0) is 23.0 Å². The number of hydrogen-bond donors (Lipinski definition) is 1. The van der Waals surface area contributed by atoms with Gasteiger partial charge in [0.1, 0.15) is 5.00 Å². The summed E-state index contributed by atoms with van der Waals surface area (Å²) in [6.45, 7) is 8.73. The Balaban J connectivity index is 1.57. The number of thiophene rings is 1. The first kappa shape index (κ1) is 27.8. The van der Waals surface area contributed by atoms with Crippen molar-refractivity contribution in [2.75, 3.05) is 45.1 Å². The van der Waals surface area contributed by atoms with Gasteiger partial charge in [0.05, 0.1) is 10.5 Å². The average molecular weight is 547 g/mol. The fourth-order valence-corrected chi connectivity index (χ4v) is 7.42. The first-order chi connectivity index (χ1) is 17.8. The van der Waals surface area contributed by atoms with Crippen molar-refractivity contribution in [3.05, 3.63) is 45.8 Å². The third kappa shape index (κ3) is 6.08. The largest absolute Gasteiger partial charge is 0.339 e. The fraction of sp³-hybridized carbons (Fsp3) is 0.556. The van der Waals surface area contributed by atoms with Crippen molar-refractivity contribution in [3.8, 4) is 0 Å². The Bertz CT molecular complexity index is 1220. The molecule has 8 nitrogen and oxygen atoms in total. The van der Waals surface area contributed by atoms with Crippen LogP contribution in [0.3, 0.4) is 0 Å². The van der Waals surface area contributed by atoms with E-state index in [1.807, 2.05) is 11.8 Å². The van der Waals surface area contributed by atoms with E-state index in [2.05, 4.69) is 17.1 Å². The van der Waals surface area contributed by atoms with Crippen LogP contribution < -0.4 is 5.32 Å². The van der Waals surface area contributed by atoms with E-state index < -0.39 is 10.0 Å². The Hall–Kier alpha value is -2.27. The van der Waals surface area contributed by atoms with Gasteiger partial charge in [-0.05, 0) is 68.5 Å². The van der Waals surface area contributed by atoms with Crippen molar-refractivity contribution in [3.63, 3.8) is 0 Å². The van der Waals surface area contributed by atoms with Crippen LogP contribution in [0.1, 0.15) is 77.1 Å². The van der Waals surface area contributed by atoms with Crippen molar-refractivity contribution in [1.29, 1.82) is 0 Å². The molecule has 0 saturated carbocycles. The SMILES string of the molecule is CCCCN(C)S(=O)(=O)c1ccc(C(=O)Nc2sc3c(c2C(=O)N2CCCCC2)CCN(CC)C3)cc1. The number of anilines is 1. The van der Waals surface area contributed by atoms with E-state index in [0.29, 0.717) is 22.7 Å². The highest BCUT2D eigenvalue weighted by atomic mass is 32.2. The number of nitrogens with zero attached hydrogens (tertiary/aromatic N) is 3. The molecule has 2 aromatic rings. The summed E-state index contributed by atoms with van der Waals surface area (Å²) < 4.78 is 27.0. The Labute approximate surface area is 224 Å². The second-order valence-electron chi connectivity index (χ2n) is 9.84. The molecule has 1 aromatic carbocycles. The van der Waals surface area contributed by atoms with Crippen molar-refractivity contribution < 1.29 is 18.0 Å². The maximum Gasteiger partial charge on any atom is 0.257 e. The van der Waals surface area contributed by atoms with Crippen LogP contribution in [0, 0.1) is 0 Å². The molecule has 2 aliphatic heterocycles. The lowest BCUT2D eigenvalue weighted by Crippen LogP contribution is -2.37. The van der Waals surface area contributed by atoms with Crippen LogP contribution >= 0.6 is 11.3 Å². The number of likely N-dealkylation sites (tertiary alicyclic amines) is 1. The van der Waals surface area contributed by atoms with Gasteiger partial charge in [-0.15, -0.1) is 11.3 Å². The van der Waals surface area contributed by atoms with E-state index in [0.717, 1.165) is 81.7 Å². The van der Waals surface area contributed by atoms with Crippen molar-refractivity contribution in [1.82, 2.24) is 14.1 Å². The summed E-state index contributed by atoms with van der Waals surface area (Å²) in [4.78, 5) is 32.4. The first-order valence-corrected chi connectivity index (χ1v) is 15.6. The highest BCUT2D eigenvalue weighted by molar-refractivity contribution is 7.89. The van der Waals surface area contributed by atoms with E-state index in [1.165, 1.54) is 39.9 Å². The Morgan fingerprint density at radius 2 is 1.76 bits per heavy atom. The van der Waals surface area contributed by atoms with E-state index >= 15 is 0 Å². The number of sulfonamides is 1. The van der Waals surface area contributed by atoms with Crippen LogP contribution in [0.2, 0.25) is 0 Å². The number of carbonyl (C=O) groups is 2. The summed E-state index contributed by atoms with van der Waals surface area (Å²) in [7, 11) is -2.03. The van der Waals surface area contributed by atoms with Gasteiger partial charge in [0.2, 0.25) is 10.0 Å². The smallest absolute Gasteiger partial charge is 0.257 e. The van der Waals surface area contributed by atoms with Gasteiger partial charge in [-0.3, -0.25) is 14.5 Å². The summed E-state index contributed by atoms with van der Waals surface area (Å²) in [6, 6.07) is 6.03. The predicted octanol–water partition coefficient (Wildman–Crippen LogP) is 4.43. The van der Waals surface area contributed by atoms with Gasteiger partial charge in [0, 0.05) is 50.2 Å². The van der Waals surface area contributed by atoms with Crippen LogP contribution in [-0.4, -0.2) is 74.1 Å². The Morgan fingerprint density at radius 3 is 2.41 bits per heavy atom. The molecule has 0 radical (unpaired) electrons. The van der Waals surface area contributed by atoms with Gasteiger partial charge in [0.15, 0.2) is 0 Å². The molecule has 0 aliphatic carbocycles. The highest BCUT2D eigenvalue weighted by Gasteiger charge is 2.31. The predicted molar refractivity (Wildman–Crippen MR) is 148 cm³/mol. The molecular formula is C27H38N4O4S2. The Morgan fingerprint density at radius 1 is 1.05 bits per heavy atom. The third-order valence-electron chi connectivity index (χ3n) is 7.32. The standard InChI is InChI=1S/C27H38N4O4S2/c1-4-6-15-29(3)37(34,35)21-12-10-20(11-13-21)25(32)28-26-24(27(33)31-16-8-7-9-17-31)22-14-18-30(5-2)19-23(22)36-26/h10-13H,4-9,14-19H2,1-3H3,(H,28,32). The molecule has 10 heteroatoms. The van der Waals surface area contributed by atoms with Crippen LogP contribution in [0.5, 0.6) is 0 Å². The lowest BCUT2D eigenvalue weighted by atomic mass is 10.0. The molecule has 3 heterocycles. The number of likely N-dealkylation sites (N-methyl/N-ethyl adjacent to an activating group) is 1. The molecule has 0 spiro atoms. The van der Waals surface area contributed by atoms with Crippen LogP contribution in [0.15, 0.2) is 29.2 Å². The third-order valence-corrected chi connectivity index (χ3v) is 10.3. The van der Waals surface area contributed by atoms with E-state index in [1.54, 1.807) is 7.05 Å². The molecule has 1 N–H and O–H groups in total. The molecule has 4 rings (SSSR count). The normalized spacial score (nSPS) is 16.6. The molecule has 1 fully saturated rings. The monoisotopic (exact) mass is 546 g/mol. The molecule has 1 saturated heterocycles. The van der Waals surface area contributed by atoms with Crippen molar-refractivity contribution in [2.45, 2.75) is 63.8 Å². The summed E-state index contributed by atoms with van der Waals surface area (Å²) in [5.74, 6) is -0.337. The number of amides is 2. The first-order valence-electron chi connectivity index (χ1n) is 13.3. The van der Waals surface area contributed by atoms with Crippen LogP contribution in [0.4, 0.5) is 5.00 Å². The number of nitrogens with one attached hydrogen (secondary N) is 1. The molecule has 2 aliphatic rings. The summed E-state index contributed by atoms with van der Waals surface area (Å²) in [6.07, 6.45) is 5.64. The van der Waals surface area contributed by atoms with Gasteiger partial charge in [-0.25, -0.2) is 12.7 Å². The number of unbranched alkanes of at least 4 members (excludes halogenated alkanes) is 1. The topological polar surface area (TPSA) is 90.0 Å². The van der Waals surface area contributed by atoms with Gasteiger partial charge in [-0.2, -0.15) is 0 Å². The van der Waals surface area contributed by atoms with Crippen molar-refractivity contribution >= 4 is 38.2 Å². The maximum atomic E-state index is 13.6.